The van der Waals surface area contributed by atoms with Crippen LogP contribution in [0.2, 0.25) is 0 Å². The standard InChI is InChI=1S/C22H18N4O4/c1-13-9-20(30-26-13)25-21(27)15-4-3-14-5-6-17(11-16(14)10-15)29-18-7-8-24-19(12-18)22(28)23-2/h3-12H,1-2H3,(H,23,28)(H,25,27). The van der Waals surface area contributed by atoms with Gasteiger partial charge in [-0.3, -0.25) is 19.9 Å². The highest BCUT2D eigenvalue weighted by Crippen LogP contribution is 2.27. The van der Waals surface area contributed by atoms with Gasteiger partial charge in [-0.2, -0.15) is 0 Å². The molecule has 2 N–H and O–H groups in total. The van der Waals surface area contributed by atoms with Gasteiger partial charge in [0.2, 0.25) is 5.88 Å². The van der Waals surface area contributed by atoms with Gasteiger partial charge in [0, 0.05) is 30.9 Å². The molecule has 0 radical (unpaired) electrons. The molecule has 0 saturated carbocycles. The number of amides is 2. The molecule has 0 fully saturated rings. The molecular weight excluding hydrogens is 384 g/mol. The maximum Gasteiger partial charge on any atom is 0.269 e. The average molecular weight is 402 g/mol. The first kappa shape index (κ1) is 19.1. The van der Waals surface area contributed by atoms with E-state index in [-0.39, 0.29) is 17.5 Å². The SMILES string of the molecule is CNC(=O)c1cc(Oc2ccc3ccc(C(=O)Nc4cc(C)no4)cc3c2)ccn1. The number of aromatic nitrogens is 2. The molecule has 8 nitrogen and oxygen atoms in total. The van der Waals surface area contributed by atoms with Crippen molar-refractivity contribution in [3.8, 4) is 11.5 Å². The van der Waals surface area contributed by atoms with Gasteiger partial charge in [0.1, 0.15) is 17.2 Å². The van der Waals surface area contributed by atoms with Crippen LogP contribution in [-0.4, -0.2) is 29.0 Å². The highest BCUT2D eigenvalue weighted by atomic mass is 16.5. The molecule has 2 aromatic heterocycles. The average Bonchev–Trinajstić information content (AvgIpc) is 3.17. The minimum Gasteiger partial charge on any atom is -0.457 e. The molecule has 0 atom stereocenters. The fourth-order valence-electron chi connectivity index (χ4n) is 2.90. The number of fused-ring (bicyclic) bond motifs is 1. The monoisotopic (exact) mass is 402 g/mol. The predicted molar refractivity (Wildman–Crippen MR) is 111 cm³/mol. The lowest BCUT2D eigenvalue weighted by atomic mass is 10.1. The van der Waals surface area contributed by atoms with Gasteiger partial charge < -0.3 is 14.6 Å². The van der Waals surface area contributed by atoms with Crippen molar-refractivity contribution in [2.45, 2.75) is 6.92 Å². The van der Waals surface area contributed by atoms with E-state index in [2.05, 4.69) is 20.8 Å². The lowest BCUT2D eigenvalue weighted by molar-refractivity contribution is 0.0957. The third kappa shape index (κ3) is 4.12. The quantitative estimate of drug-likeness (QED) is 0.524. The highest BCUT2D eigenvalue weighted by molar-refractivity contribution is 6.06. The summed E-state index contributed by atoms with van der Waals surface area (Å²) in [4.78, 5) is 28.3. The van der Waals surface area contributed by atoms with Crippen molar-refractivity contribution in [3.63, 3.8) is 0 Å². The summed E-state index contributed by atoms with van der Waals surface area (Å²) in [5, 5.41) is 10.7. The van der Waals surface area contributed by atoms with Crippen LogP contribution in [0.15, 0.2) is 65.3 Å². The van der Waals surface area contributed by atoms with Gasteiger partial charge in [0.05, 0.1) is 5.69 Å². The maximum absolute atomic E-state index is 12.5. The number of carbonyl (C=O) groups is 2. The van der Waals surface area contributed by atoms with Gasteiger partial charge in [-0.05, 0) is 48.0 Å². The minimum absolute atomic E-state index is 0.261. The molecule has 4 aromatic rings. The second-order valence-electron chi connectivity index (χ2n) is 6.57. The van der Waals surface area contributed by atoms with Crippen molar-refractivity contribution in [2.24, 2.45) is 0 Å². The topological polar surface area (TPSA) is 106 Å². The van der Waals surface area contributed by atoms with E-state index in [0.29, 0.717) is 28.6 Å². The minimum atomic E-state index is -0.302. The van der Waals surface area contributed by atoms with E-state index in [4.69, 9.17) is 9.26 Å². The van der Waals surface area contributed by atoms with Crippen LogP contribution >= 0.6 is 0 Å². The molecule has 8 heteroatoms. The second-order valence-corrected chi connectivity index (χ2v) is 6.57. The molecule has 30 heavy (non-hydrogen) atoms. The number of aryl methyl sites for hydroxylation is 1. The lowest BCUT2D eigenvalue weighted by Crippen LogP contribution is -2.18. The normalized spacial score (nSPS) is 10.6. The van der Waals surface area contributed by atoms with Crippen LogP contribution in [0, 0.1) is 6.92 Å². The van der Waals surface area contributed by atoms with Crippen molar-refractivity contribution >= 4 is 28.5 Å². The Bertz CT molecular complexity index is 1250. The Morgan fingerprint density at radius 3 is 2.50 bits per heavy atom. The van der Waals surface area contributed by atoms with Crippen LogP contribution in [0.25, 0.3) is 10.8 Å². The Labute approximate surface area is 171 Å². The molecular formula is C22H18N4O4. The highest BCUT2D eigenvalue weighted by Gasteiger charge is 2.11. The van der Waals surface area contributed by atoms with Gasteiger partial charge in [-0.1, -0.05) is 17.3 Å². The van der Waals surface area contributed by atoms with Crippen molar-refractivity contribution in [3.05, 3.63) is 77.7 Å². The van der Waals surface area contributed by atoms with E-state index < -0.39 is 0 Å². The molecule has 0 aliphatic heterocycles. The first-order chi connectivity index (χ1) is 14.5. The van der Waals surface area contributed by atoms with Gasteiger partial charge in [0.15, 0.2) is 0 Å². The zero-order chi connectivity index (χ0) is 21.1. The summed E-state index contributed by atoms with van der Waals surface area (Å²) in [5.41, 5.74) is 1.42. The van der Waals surface area contributed by atoms with E-state index >= 15 is 0 Å². The Hall–Kier alpha value is -4.20. The van der Waals surface area contributed by atoms with Crippen molar-refractivity contribution in [2.75, 3.05) is 12.4 Å². The molecule has 4 rings (SSSR count). The summed E-state index contributed by atoms with van der Waals surface area (Å²) in [6.07, 6.45) is 1.51. The summed E-state index contributed by atoms with van der Waals surface area (Å²) >= 11 is 0. The van der Waals surface area contributed by atoms with Crippen molar-refractivity contribution in [1.82, 2.24) is 15.5 Å². The zero-order valence-corrected chi connectivity index (χ0v) is 16.3. The van der Waals surface area contributed by atoms with E-state index in [1.807, 2.05) is 24.3 Å². The molecule has 0 aliphatic rings. The predicted octanol–water partition coefficient (Wildman–Crippen LogP) is 3.94. The summed E-state index contributed by atoms with van der Waals surface area (Å²) in [6, 6.07) is 15.8. The zero-order valence-electron chi connectivity index (χ0n) is 16.3. The van der Waals surface area contributed by atoms with Crippen LogP contribution in [0.3, 0.4) is 0 Å². The van der Waals surface area contributed by atoms with Gasteiger partial charge >= 0.3 is 0 Å². The third-order valence-electron chi connectivity index (χ3n) is 4.37. The van der Waals surface area contributed by atoms with Crippen molar-refractivity contribution in [1.29, 1.82) is 0 Å². The van der Waals surface area contributed by atoms with Crippen LogP contribution in [0.4, 0.5) is 5.88 Å². The van der Waals surface area contributed by atoms with E-state index in [9.17, 15) is 9.59 Å². The van der Waals surface area contributed by atoms with Crippen LogP contribution in [0.5, 0.6) is 11.5 Å². The number of rotatable bonds is 5. The molecule has 0 saturated heterocycles. The molecule has 0 aliphatic carbocycles. The fraction of sp³-hybridized carbons (Fsp3) is 0.0909. The number of benzene rings is 2. The summed E-state index contributed by atoms with van der Waals surface area (Å²) in [5.74, 6) is 0.747. The largest absolute Gasteiger partial charge is 0.457 e. The number of hydrogen-bond donors (Lipinski definition) is 2. The molecule has 0 bridgehead atoms. The molecule has 2 heterocycles. The Balaban J connectivity index is 1.57. The first-order valence-corrected chi connectivity index (χ1v) is 9.16. The fourth-order valence-corrected chi connectivity index (χ4v) is 2.90. The van der Waals surface area contributed by atoms with Crippen LogP contribution in [-0.2, 0) is 0 Å². The smallest absolute Gasteiger partial charge is 0.269 e. The first-order valence-electron chi connectivity index (χ1n) is 9.16. The number of nitrogens with one attached hydrogen (secondary N) is 2. The van der Waals surface area contributed by atoms with E-state index in [1.54, 1.807) is 37.3 Å². The maximum atomic E-state index is 12.5. The molecule has 0 spiro atoms. The number of ether oxygens (including phenoxy) is 1. The molecule has 0 unspecified atom stereocenters. The number of pyridine rings is 1. The Morgan fingerprint density at radius 2 is 1.73 bits per heavy atom. The van der Waals surface area contributed by atoms with Gasteiger partial charge in [0.25, 0.3) is 11.8 Å². The number of anilines is 1. The number of hydrogen-bond acceptors (Lipinski definition) is 6. The van der Waals surface area contributed by atoms with Gasteiger partial charge in [-0.15, -0.1) is 0 Å². The lowest BCUT2D eigenvalue weighted by Gasteiger charge is -2.09. The van der Waals surface area contributed by atoms with Gasteiger partial charge in [-0.25, -0.2) is 0 Å². The summed E-state index contributed by atoms with van der Waals surface area (Å²) in [6.45, 7) is 1.77. The van der Waals surface area contributed by atoms with E-state index in [1.165, 1.54) is 13.2 Å². The van der Waals surface area contributed by atoms with Crippen LogP contribution in [0.1, 0.15) is 26.5 Å². The van der Waals surface area contributed by atoms with Crippen molar-refractivity contribution < 1.29 is 18.8 Å². The number of nitrogens with zero attached hydrogens (tertiary/aromatic N) is 2. The third-order valence-corrected chi connectivity index (χ3v) is 4.37. The molecule has 2 amide bonds. The Kier molecular flexibility index (Phi) is 5.13. The number of carbonyl (C=O) groups excluding carboxylic acids is 2. The molecule has 150 valence electrons. The molecule has 2 aromatic carbocycles. The summed E-state index contributed by atoms with van der Waals surface area (Å²) < 4.78 is 10.9. The summed E-state index contributed by atoms with van der Waals surface area (Å²) in [7, 11) is 1.54. The second kappa shape index (κ2) is 8.04. The Morgan fingerprint density at radius 1 is 0.933 bits per heavy atom. The van der Waals surface area contributed by atoms with Crippen LogP contribution < -0.4 is 15.4 Å². The van der Waals surface area contributed by atoms with E-state index in [0.717, 1.165) is 10.8 Å².